The van der Waals surface area contributed by atoms with Gasteiger partial charge in [-0.25, -0.2) is 0 Å². The van der Waals surface area contributed by atoms with E-state index in [0.29, 0.717) is 6.42 Å². The lowest BCUT2D eigenvalue weighted by molar-refractivity contribution is 0.102. The summed E-state index contributed by atoms with van der Waals surface area (Å²) in [5, 5.41) is 24.1. The highest BCUT2D eigenvalue weighted by Crippen LogP contribution is 1.93. The molecule has 0 aromatic heterocycles. The predicted octanol–water partition coefficient (Wildman–Crippen LogP) is -0.253. The van der Waals surface area contributed by atoms with Gasteiger partial charge < -0.3 is 15.3 Å². The Morgan fingerprint density at radius 1 is 1.00 bits per heavy atom. The number of hydrogen-bond acceptors (Lipinski definition) is 3. The summed E-state index contributed by atoms with van der Waals surface area (Å²) in [7, 11) is 1.00. The summed E-state index contributed by atoms with van der Waals surface area (Å²) in [6.45, 7) is 3.32. The fourth-order valence-electron chi connectivity index (χ4n) is 0.494. The Morgan fingerprint density at radius 2 is 1.22 bits per heavy atom. The summed E-state index contributed by atoms with van der Waals surface area (Å²) in [5.41, 5.74) is 0. The van der Waals surface area contributed by atoms with E-state index in [9.17, 15) is 0 Å². The van der Waals surface area contributed by atoms with Crippen LogP contribution in [-0.4, -0.2) is 34.6 Å². The Balaban J connectivity index is 0. The zero-order valence-corrected chi connectivity index (χ0v) is 6.20. The molecule has 3 N–H and O–H groups in total. The first kappa shape index (κ1) is 11.6. The lowest BCUT2D eigenvalue weighted by Gasteiger charge is -2.04. The molecule has 2 atom stereocenters. The van der Waals surface area contributed by atoms with E-state index in [1.54, 1.807) is 13.8 Å². The van der Waals surface area contributed by atoms with Crippen molar-refractivity contribution < 1.29 is 15.3 Å². The van der Waals surface area contributed by atoms with Gasteiger partial charge in [0.05, 0.1) is 12.2 Å². The fourth-order valence-corrected chi connectivity index (χ4v) is 0.494. The van der Waals surface area contributed by atoms with Crippen molar-refractivity contribution in [3.63, 3.8) is 0 Å². The molecule has 0 saturated carbocycles. The monoisotopic (exact) mass is 136 g/mol. The van der Waals surface area contributed by atoms with Crippen LogP contribution in [0.4, 0.5) is 0 Å². The Labute approximate surface area is 56.0 Å². The van der Waals surface area contributed by atoms with Gasteiger partial charge in [-0.05, 0) is 20.3 Å². The van der Waals surface area contributed by atoms with Crippen molar-refractivity contribution in [2.24, 2.45) is 0 Å². The summed E-state index contributed by atoms with van der Waals surface area (Å²) in [6.07, 6.45) is -0.278. The van der Waals surface area contributed by atoms with E-state index < -0.39 is 0 Å². The maximum atomic E-state index is 8.56. The molecule has 0 aromatic rings. The molecule has 0 aromatic carbocycles. The molecule has 9 heavy (non-hydrogen) atoms. The summed E-state index contributed by atoms with van der Waals surface area (Å²) in [5.74, 6) is 0. The second kappa shape index (κ2) is 7.88. The van der Waals surface area contributed by atoms with Crippen molar-refractivity contribution >= 4 is 0 Å². The summed E-state index contributed by atoms with van der Waals surface area (Å²) in [4.78, 5) is 0. The highest BCUT2D eigenvalue weighted by molar-refractivity contribution is 4.51. The maximum absolute atomic E-state index is 8.56. The topological polar surface area (TPSA) is 60.7 Å². The highest BCUT2D eigenvalue weighted by Gasteiger charge is 1.98. The van der Waals surface area contributed by atoms with Gasteiger partial charge in [-0.1, -0.05) is 0 Å². The van der Waals surface area contributed by atoms with Crippen molar-refractivity contribution in [1.29, 1.82) is 0 Å². The SMILES string of the molecule is CC(O)CC(C)O.CO. The first-order chi connectivity index (χ1) is 4.13. The van der Waals surface area contributed by atoms with E-state index in [0.717, 1.165) is 7.11 Å². The van der Waals surface area contributed by atoms with E-state index in [1.165, 1.54) is 0 Å². The maximum Gasteiger partial charge on any atom is 0.0536 e. The van der Waals surface area contributed by atoms with Gasteiger partial charge in [0.2, 0.25) is 0 Å². The van der Waals surface area contributed by atoms with Gasteiger partial charge in [0.15, 0.2) is 0 Å². The van der Waals surface area contributed by atoms with E-state index in [1.807, 2.05) is 0 Å². The molecule has 0 saturated heterocycles. The molecule has 2 unspecified atom stereocenters. The number of aliphatic hydroxyl groups is 3. The third-order valence-corrected chi connectivity index (χ3v) is 0.682. The third kappa shape index (κ3) is 18.1. The van der Waals surface area contributed by atoms with Crippen LogP contribution in [0.2, 0.25) is 0 Å². The van der Waals surface area contributed by atoms with Gasteiger partial charge in [0.1, 0.15) is 0 Å². The van der Waals surface area contributed by atoms with Crippen LogP contribution in [0.15, 0.2) is 0 Å². The minimum atomic E-state index is -0.375. The van der Waals surface area contributed by atoms with Gasteiger partial charge in [-0.3, -0.25) is 0 Å². The lowest BCUT2D eigenvalue weighted by atomic mass is 10.2. The van der Waals surface area contributed by atoms with E-state index in [4.69, 9.17) is 15.3 Å². The molecule has 3 nitrogen and oxygen atoms in total. The predicted molar refractivity (Wildman–Crippen MR) is 36.1 cm³/mol. The quantitative estimate of drug-likeness (QED) is 0.490. The summed E-state index contributed by atoms with van der Waals surface area (Å²) in [6, 6.07) is 0. The minimum absolute atomic E-state index is 0.375. The highest BCUT2D eigenvalue weighted by atomic mass is 16.3. The second-order valence-corrected chi connectivity index (χ2v) is 1.93. The largest absolute Gasteiger partial charge is 0.400 e. The molecule has 0 aliphatic heterocycles. The molecule has 3 heteroatoms. The lowest BCUT2D eigenvalue weighted by Crippen LogP contribution is -2.10. The molecule has 58 valence electrons. The third-order valence-electron chi connectivity index (χ3n) is 0.682. The molecule has 0 aliphatic rings. The molecule has 0 fully saturated rings. The van der Waals surface area contributed by atoms with Crippen LogP contribution in [0.1, 0.15) is 20.3 Å². The van der Waals surface area contributed by atoms with E-state index in [-0.39, 0.29) is 12.2 Å². The first-order valence-corrected chi connectivity index (χ1v) is 2.93. The van der Waals surface area contributed by atoms with Crippen molar-refractivity contribution in [1.82, 2.24) is 0 Å². The van der Waals surface area contributed by atoms with Gasteiger partial charge in [-0.15, -0.1) is 0 Å². The standard InChI is InChI=1S/C5H12O2.CH4O/c1-4(6)3-5(2)7;1-2/h4-7H,3H2,1-2H3;2H,1H3. The molecule has 0 amide bonds. The van der Waals surface area contributed by atoms with Crippen molar-refractivity contribution in [2.75, 3.05) is 7.11 Å². The fraction of sp³-hybridized carbons (Fsp3) is 1.00. The van der Waals surface area contributed by atoms with Crippen LogP contribution in [-0.2, 0) is 0 Å². The number of rotatable bonds is 2. The normalized spacial score (nSPS) is 15.3. The molecule has 0 bridgehead atoms. The second-order valence-electron chi connectivity index (χ2n) is 1.93. The average molecular weight is 136 g/mol. The van der Waals surface area contributed by atoms with Gasteiger partial charge in [0.25, 0.3) is 0 Å². The Bertz CT molecular complexity index is 37.6. The van der Waals surface area contributed by atoms with Crippen molar-refractivity contribution in [3.8, 4) is 0 Å². The Morgan fingerprint density at radius 3 is 1.22 bits per heavy atom. The Kier molecular flexibility index (Phi) is 10.2. The van der Waals surface area contributed by atoms with Crippen LogP contribution in [0.25, 0.3) is 0 Å². The van der Waals surface area contributed by atoms with Crippen molar-refractivity contribution in [2.45, 2.75) is 32.5 Å². The van der Waals surface area contributed by atoms with Crippen LogP contribution in [0.3, 0.4) is 0 Å². The molecule has 0 heterocycles. The van der Waals surface area contributed by atoms with E-state index in [2.05, 4.69) is 0 Å². The zero-order valence-electron chi connectivity index (χ0n) is 6.20. The molecule has 0 rings (SSSR count). The van der Waals surface area contributed by atoms with Crippen LogP contribution in [0, 0.1) is 0 Å². The zero-order chi connectivity index (χ0) is 7.86. The molecular weight excluding hydrogens is 120 g/mol. The van der Waals surface area contributed by atoms with Crippen LogP contribution < -0.4 is 0 Å². The van der Waals surface area contributed by atoms with Gasteiger partial charge >= 0.3 is 0 Å². The van der Waals surface area contributed by atoms with Crippen LogP contribution >= 0.6 is 0 Å². The minimum Gasteiger partial charge on any atom is -0.400 e. The smallest absolute Gasteiger partial charge is 0.0536 e. The molecule has 0 radical (unpaired) electrons. The molecule has 0 aliphatic carbocycles. The average Bonchev–Trinajstić information content (AvgIpc) is 1.68. The van der Waals surface area contributed by atoms with E-state index >= 15 is 0 Å². The molecule has 0 spiro atoms. The first-order valence-electron chi connectivity index (χ1n) is 2.93. The Hall–Kier alpha value is -0.120. The van der Waals surface area contributed by atoms with Gasteiger partial charge in [0, 0.05) is 7.11 Å². The van der Waals surface area contributed by atoms with Crippen LogP contribution in [0.5, 0.6) is 0 Å². The van der Waals surface area contributed by atoms with Crippen molar-refractivity contribution in [3.05, 3.63) is 0 Å². The van der Waals surface area contributed by atoms with Gasteiger partial charge in [-0.2, -0.15) is 0 Å². The number of hydrogen-bond donors (Lipinski definition) is 3. The number of aliphatic hydroxyl groups excluding tert-OH is 3. The molecular formula is C6H16O3. The summed E-state index contributed by atoms with van der Waals surface area (Å²) >= 11 is 0. The summed E-state index contributed by atoms with van der Waals surface area (Å²) < 4.78 is 0.